The second kappa shape index (κ2) is 4.24. The summed E-state index contributed by atoms with van der Waals surface area (Å²) in [5, 5.41) is 2.12. The van der Waals surface area contributed by atoms with Gasteiger partial charge in [0.05, 0.1) is 21.1 Å². The van der Waals surface area contributed by atoms with Crippen LogP contribution in [0.2, 0.25) is 10.0 Å². The highest BCUT2D eigenvalue weighted by Gasteiger charge is 2.23. The number of halogens is 2. The zero-order valence-corrected chi connectivity index (χ0v) is 12.1. The molecule has 0 saturated heterocycles. The molecule has 1 aromatic heterocycles. The van der Waals surface area contributed by atoms with Gasteiger partial charge in [-0.15, -0.1) is 0 Å². The Labute approximate surface area is 125 Å². The Balaban J connectivity index is 2.13. The molecule has 1 aliphatic carbocycles. The van der Waals surface area contributed by atoms with Crippen LogP contribution in [0.15, 0.2) is 35.1 Å². The largest absolute Gasteiger partial charge is 0.353 e. The molecule has 4 heteroatoms. The number of rotatable bonds is 1. The number of H-pyrrole nitrogens is 1. The maximum Gasteiger partial charge on any atom is 0.197 e. The van der Waals surface area contributed by atoms with Crippen LogP contribution in [0.25, 0.3) is 21.8 Å². The fraction of sp³-hybridized carbons (Fsp3) is 0.188. The lowest BCUT2D eigenvalue weighted by molar-refractivity contribution is 1.13. The van der Waals surface area contributed by atoms with Gasteiger partial charge in [-0.05, 0) is 48.6 Å². The van der Waals surface area contributed by atoms with E-state index in [1.807, 2.05) is 6.07 Å². The van der Waals surface area contributed by atoms with Gasteiger partial charge in [0.15, 0.2) is 5.43 Å². The van der Waals surface area contributed by atoms with Crippen molar-refractivity contribution in [1.82, 2.24) is 4.98 Å². The van der Waals surface area contributed by atoms with E-state index in [4.69, 9.17) is 23.2 Å². The molecule has 2 nitrogen and oxygen atoms in total. The van der Waals surface area contributed by atoms with Crippen molar-refractivity contribution < 1.29 is 0 Å². The molecular weight excluding hydrogens is 293 g/mol. The van der Waals surface area contributed by atoms with Gasteiger partial charge in [0.1, 0.15) is 0 Å². The third-order valence-corrected chi connectivity index (χ3v) is 4.74. The smallest absolute Gasteiger partial charge is 0.197 e. The number of hydrogen-bond acceptors (Lipinski definition) is 1. The predicted molar refractivity (Wildman–Crippen MR) is 84.1 cm³/mol. The summed E-state index contributed by atoms with van der Waals surface area (Å²) >= 11 is 12.2. The topological polar surface area (TPSA) is 32.9 Å². The highest BCUT2D eigenvalue weighted by Crippen LogP contribution is 2.40. The first-order chi connectivity index (χ1) is 9.65. The lowest BCUT2D eigenvalue weighted by atomic mass is 10.1. The molecule has 2 aromatic carbocycles. The monoisotopic (exact) mass is 303 g/mol. The maximum atomic E-state index is 12.5. The second-order valence-corrected chi connectivity index (χ2v) is 6.10. The zero-order valence-electron chi connectivity index (χ0n) is 10.5. The van der Waals surface area contributed by atoms with E-state index in [2.05, 4.69) is 17.1 Å². The highest BCUT2D eigenvalue weighted by molar-refractivity contribution is 6.45. The average molecular weight is 304 g/mol. The average Bonchev–Trinajstić information content (AvgIpc) is 3.28. The Morgan fingerprint density at radius 2 is 1.80 bits per heavy atom. The van der Waals surface area contributed by atoms with Crippen LogP contribution in [0, 0.1) is 0 Å². The lowest BCUT2D eigenvalue weighted by Gasteiger charge is -2.07. The standard InChI is InChI=1S/C16H11Cl2NO/c17-12-6-5-11-15(14(12)18)19-13-7-9(8-1-2-8)3-4-10(13)16(11)20/h3-8H,1-2H2,(H,19,20). The number of fused-ring (bicyclic) bond motifs is 2. The van der Waals surface area contributed by atoms with E-state index in [-0.39, 0.29) is 5.43 Å². The lowest BCUT2D eigenvalue weighted by Crippen LogP contribution is -2.04. The van der Waals surface area contributed by atoms with Gasteiger partial charge in [-0.2, -0.15) is 0 Å². The summed E-state index contributed by atoms with van der Waals surface area (Å²) in [4.78, 5) is 15.8. The van der Waals surface area contributed by atoms with Gasteiger partial charge in [-0.3, -0.25) is 4.79 Å². The van der Waals surface area contributed by atoms with E-state index in [0.29, 0.717) is 32.3 Å². The van der Waals surface area contributed by atoms with Gasteiger partial charge in [-0.1, -0.05) is 29.3 Å². The van der Waals surface area contributed by atoms with Crippen molar-refractivity contribution in [1.29, 1.82) is 0 Å². The van der Waals surface area contributed by atoms with E-state index < -0.39 is 0 Å². The predicted octanol–water partition coefficient (Wildman–Crippen LogP) is 4.87. The minimum Gasteiger partial charge on any atom is -0.353 e. The number of aromatic nitrogens is 1. The van der Waals surface area contributed by atoms with Crippen LogP contribution in [0.3, 0.4) is 0 Å². The molecule has 0 unspecified atom stereocenters. The number of nitrogens with one attached hydrogen (secondary N) is 1. The van der Waals surface area contributed by atoms with Crippen molar-refractivity contribution in [2.45, 2.75) is 18.8 Å². The number of benzene rings is 2. The van der Waals surface area contributed by atoms with Gasteiger partial charge < -0.3 is 4.98 Å². The molecule has 0 aliphatic heterocycles. The van der Waals surface area contributed by atoms with Gasteiger partial charge >= 0.3 is 0 Å². The molecule has 1 heterocycles. The molecule has 1 fully saturated rings. The second-order valence-electron chi connectivity index (χ2n) is 5.32. The van der Waals surface area contributed by atoms with Crippen molar-refractivity contribution in [2.75, 3.05) is 0 Å². The SMILES string of the molecule is O=c1c2ccc(C3CC3)cc2[nH]c2c(Cl)c(Cl)ccc12. The summed E-state index contributed by atoms with van der Waals surface area (Å²) in [6, 6.07) is 9.40. The quantitative estimate of drug-likeness (QED) is 0.639. The van der Waals surface area contributed by atoms with E-state index in [1.54, 1.807) is 12.1 Å². The number of pyridine rings is 1. The molecule has 20 heavy (non-hydrogen) atoms. The Kier molecular flexibility index (Phi) is 2.60. The first-order valence-electron chi connectivity index (χ1n) is 6.59. The molecule has 100 valence electrons. The molecule has 1 aliphatic rings. The van der Waals surface area contributed by atoms with Crippen molar-refractivity contribution >= 4 is 45.0 Å². The Bertz CT molecular complexity index is 910. The minimum atomic E-state index is -0.00494. The molecule has 1 N–H and O–H groups in total. The van der Waals surface area contributed by atoms with Crippen LogP contribution in [-0.4, -0.2) is 4.98 Å². The first-order valence-corrected chi connectivity index (χ1v) is 7.34. The summed E-state index contributed by atoms with van der Waals surface area (Å²) in [6.45, 7) is 0. The minimum absolute atomic E-state index is 0.00494. The van der Waals surface area contributed by atoms with Crippen LogP contribution in [0.1, 0.15) is 24.3 Å². The summed E-state index contributed by atoms with van der Waals surface area (Å²) in [5.41, 5.74) is 2.72. The van der Waals surface area contributed by atoms with E-state index in [9.17, 15) is 4.79 Å². The molecule has 0 radical (unpaired) electrons. The van der Waals surface area contributed by atoms with Gasteiger partial charge in [0, 0.05) is 10.8 Å². The third-order valence-electron chi connectivity index (χ3n) is 3.94. The molecule has 1 saturated carbocycles. The molecule has 0 bridgehead atoms. The van der Waals surface area contributed by atoms with Gasteiger partial charge in [0.25, 0.3) is 0 Å². The summed E-state index contributed by atoms with van der Waals surface area (Å²) in [6.07, 6.45) is 2.46. The maximum absolute atomic E-state index is 12.5. The highest BCUT2D eigenvalue weighted by atomic mass is 35.5. The number of hydrogen-bond donors (Lipinski definition) is 1. The van der Waals surface area contributed by atoms with E-state index >= 15 is 0 Å². The fourth-order valence-electron chi connectivity index (χ4n) is 2.68. The third kappa shape index (κ3) is 1.75. The van der Waals surface area contributed by atoms with Crippen molar-refractivity contribution in [3.05, 3.63) is 56.2 Å². The van der Waals surface area contributed by atoms with E-state index in [0.717, 1.165) is 5.52 Å². The molecule has 3 aromatic rings. The van der Waals surface area contributed by atoms with Crippen LogP contribution in [0.5, 0.6) is 0 Å². The molecule has 0 spiro atoms. The molecule has 0 amide bonds. The van der Waals surface area contributed by atoms with Crippen LogP contribution < -0.4 is 5.43 Å². The van der Waals surface area contributed by atoms with Gasteiger partial charge in [-0.25, -0.2) is 0 Å². The van der Waals surface area contributed by atoms with Crippen LogP contribution >= 0.6 is 23.2 Å². The summed E-state index contributed by atoms with van der Waals surface area (Å²) in [5.74, 6) is 0.647. The van der Waals surface area contributed by atoms with Crippen molar-refractivity contribution in [3.63, 3.8) is 0 Å². The fourth-order valence-corrected chi connectivity index (χ4v) is 3.05. The zero-order chi connectivity index (χ0) is 13.9. The Hall–Kier alpha value is -1.51. The molecule has 4 rings (SSSR count). The Morgan fingerprint density at radius 3 is 2.55 bits per heavy atom. The van der Waals surface area contributed by atoms with Crippen LogP contribution in [0.4, 0.5) is 0 Å². The Morgan fingerprint density at radius 1 is 1.05 bits per heavy atom. The van der Waals surface area contributed by atoms with E-state index in [1.165, 1.54) is 18.4 Å². The van der Waals surface area contributed by atoms with Crippen molar-refractivity contribution in [2.24, 2.45) is 0 Å². The van der Waals surface area contributed by atoms with Gasteiger partial charge in [0.2, 0.25) is 0 Å². The first kappa shape index (κ1) is 12.2. The number of aromatic amines is 1. The van der Waals surface area contributed by atoms with Crippen LogP contribution in [-0.2, 0) is 0 Å². The summed E-state index contributed by atoms with van der Waals surface area (Å²) < 4.78 is 0. The van der Waals surface area contributed by atoms with Crippen molar-refractivity contribution in [3.8, 4) is 0 Å². The molecular formula is C16H11Cl2NO. The normalized spacial score (nSPS) is 15.1. The molecule has 0 atom stereocenters. The summed E-state index contributed by atoms with van der Waals surface area (Å²) in [7, 11) is 0.